The van der Waals surface area contributed by atoms with Gasteiger partial charge in [-0.05, 0) is 0 Å². The second kappa shape index (κ2) is 3.42. The van der Waals surface area contributed by atoms with Crippen LogP contribution in [0.3, 0.4) is 0 Å². The van der Waals surface area contributed by atoms with E-state index in [1.807, 2.05) is 0 Å². The average Bonchev–Trinajstić information content (AvgIpc) is 2.03. The van der Waals surface area contributed by atoms with Crippen LogP contribution in [0.4, 0.5) is 13.2 Å². The summed E-state index contributed by atoms with van der Waals surface area (Å²) in [6.45, 7) is 0. The van der Waals surface area contributed by atoms with Crippen LogP contribution in [0.25, 0.3) is 0 Å². The number of rotatable bonds is 1. The number of benzene rings is 1. The van der Waals surface area contributed by atoms with Crippen LogP contribution in [0, 0.1) is 0 Å². The van der Waals surface area contributed by atoms with E-state index in [9.17, 15) is 13.2 Å². The molecule has 0 aliphatic heterocycles. The third-order valence-corrected chi connectivity index (χ3v) is 1.63. The molecule has 0 unspecified atom stereocenters. The van der Waals surface area contributed by atoms with Crippen LogP contribution in [0.15, 0.2) is 24.3 Å². The first-order valence-corrected chi connectivity index (χ1v) is 3.62. The maximum absolute atomic E-state index is 12.0. The number of hydrogen-bond donors (Lipinski definition) is 0. The molecule has 0 bridgehead atoms. The Morgan fingerprint density at radius 1 is 1.08 bits per heavy atom. The van der Waals surface area contributed by atoms with Crippen LogP contribution in [0.1, 0.15) is 11.1 Å². The van der Waals surface area contributed by atoms with Crippen molar-refractivity contribution in [1.29, 1.82) is 0 Å². The van der Waals surface area contributed by atoms with Crippen LogP contribution in [0.2, 0.25) is 0 Å². The Balaban J connectivity index is 3.00. The molecule has 1 rings (SSSR count). The molecule has 0 aromatic heterocycles. The Morgan fingerprint density at radius 3 is 1.92 bits per heavy atom. The average molecular weight is 213 g/mol. The fourth-order valence-electron chi connectivity index (χ4n) is 0.718. The van der Waals surface area contributed by atoms with Gasteiger partial charge in [0.15, 0.2) is 0 Å². The van der Waals surface area contributed by atoms with Gasteiger partial charge >= 0.3 is 75.2 Å². The zero-order valence-electron chi connectivity index (χ0n) is 5.80. The van der Waals surface area contributed by atoms with E-state index in [0.717, 1.165) is 12.1 Å². The fraction of sp³-hybridized carbons (Fsp3) is 0.125. The van der Waals surface area contributed by atoms with Gasteiger partial charge in [0, 0.05) is 0 Å². The van der Waals surface area contributed by atoms with Gasteiger partial charge in [-0.25, -0.2) is 0 Å². The van der Waals surface area contributed by atoms with E-state index in [0.29, 0.717) is 5.56 Å². The summed E-state index contributed by atoms with van der Waals surface area (Å²) in [6.07, 6.45) is -4.26. The molecule has 0 radical (unpaired) electrons. The first-order chi connectivity index (χ1) is 5.54. The van der Waals surface area contributed by atoms with Crippen molar-refractivity contribution < 1.29 is 28.7 Å². The van der Waals surface area contributed by atoms with Gasteiger partial charge in [-0.3, -0.25) is 0 Å². The molecule has 0 spiro atoms. The Hall–Kier alpha value is -0.601. The van der Waals surface area contributed by atoms with E-state index in [1.54, 1.807) is 0 Å². The summed E-state index contributed by atoms with van der Waals surface area (Å²) in [7, 11) is 0. The summed E-state index contributed by atoms with van der Waals surface area (Å²) in [5.41, 5.74) is -0.0931. The molecule has 65 valence electrons. The molecular formula is C8H4F3Fe. The van der Waals surface area contributed by atoms with Crippen molar-refractivity contribution in [3.63, 3.8) is 0 Å². The van der Waals surface area contributed by atoms with Gasteiger partial charge in [-0.1, -0.05) is 0 Å². The van der Waals surface area contributed by atoms with E-state index >= 15 is 0 Å². The zero-order chi connectivity index (χ0) is 9.19. The van der Waals surface area contributed by atoms with Crippen molar-refractivity contribution in [2.75, 3.05) is 0 Å². The van der Waals surface area contributed by atoms with E-state index in [1.165, 1.54) is 12.1 Å². The Bertz CT molecular complexity index is 273. The molecule has 1 aromatic rings. The summed E-state index contributed by atoms with van der Waals surface area (Å²) >= 11 is 3.32. The molecule has 0 N–H and O–H groups in total. The SMILES string of the molecule is FC(F)(F)c1ccc([C-]=[Fe+])cc1. The van der Waals surface area contributed by atoms with Gasteiger partial charge in [0.25, 0.3) is 0 Å². The molecule has 0 aliphatic rings. The van der Waals surface area contributed by atoms with Gasteiger partial charge in [0.1, 0.15) is 0 Å². The monoisotopic (exact) mass is 213 g/mol. The molecule has 0 saturated carbocycles. The first-order valence-electron chi connectivity index (χ1n) is 3.07. The minimum atomic E-state index is -4.26. The predicted octanol–water partition coefficient (Wildman–Crippen LogP) is 2.28. The molecule has 0 aliphatic carbocycles. The molecular weight excluding hydrogens is 209 g/mol. The van der Waals surface area contributed by atoms with Gasteiger partial charge in [-0.15, -0.1) is 0 Å². The molecule has 0 amide bonds. The molecule has 0 atom stereocenters. The second-order valence-corrected chi connectivity index (χ2v) is 2.44. The van der Waals surface area contributed by atoms with Gasteiger partial charge in [0.2, 0.25) is 0 Å². The Labute approximate surface area is 75.8 Å². The molecule has 0 saturated heterocycles. The summed E-state index contributed by atoms with van der Waals surface area (Å²) in [5, 5.41) is 0. The summed E-state index contributed by atoms with van der Waals surface area (Å²) in [4.78, 5) is 2.49. The van der Waals surface area contributed by atoms with Crippen LogP contribution >= 0.6 is 0 Å². The maximum atomic E-state index is 12.0. The normalized spacial score (nSPS) is 11.2. The molecule has 1 aromatic carbocycles. The minimum absolute atomic E-state index is 0.558. The number of hydrogen-bond acceptors (Lipinski definition) is 0. The van der Waals surface area contributed by atoms with Gasteiger partial charge in [0.05, 0.1) is 0 Å². The van der Waals surface area contributed by atoms with Gasteiger partial charge in [-0.2, -0.15) is 0 Å². The Morgan fingerprint density at radius 2 is 1.58 bits per heavy atom. The van der Waals surface area contributed by atoms with Crippen molar-refractivity contribution >= 4 is 4.92 Å². The summed E-state index contributed by atoms with van der Waals surface area (Å²) in [6, 6.07) is 4.67. The van der Waals surface area contributed by atoms with E-state index in [2.05, 4.69) is 20.5 Å². The standard InChI is InChI=1S/C8H4F3.Fe/c1-6-2-4-7(5-3-6)8(9,10)11;/h2-5H;/q-1;+1. The molecule has 0 nitrogen and oxygen atoms in total. The molecule has 12 heavy (non-hydrogen) atoms. The quantitative estimate of drug-likeness (QED) is 0.495. The molecule has 0 heterocycles. The van der Waals surface area contributed by atoms with E-state index in [-0.39, 0.29) is 0 Å². The van der Waals surface area contributed by atoms with E-state index in [4.69, 9.17) is 0 Å². The third-order valence-electron chi connectivity index (χ3n) is 1.31. The summed E-state index contributed by atoms with van der Waals surface area (Å²) in [5.74, 6) is 0. The van der Waals surface area contributed by atoms with Crippen molar-refractivity contribution in [3.05, 3.63) is 35.4 Å². The molecule has 4 heteroatoms. The van der Waals surface area contributed by atoms with Crippen LogP contribution in [-0.2, 0) is 21.8 Å². The fourth-order valence-corrected chi connectivity index (χ4v) is 0.902. The van der Waals surface area contributed by atoms with Crippen LogP contribution in [-0.4, -0.2) is 4.92 Å². The molecule has 0 fully saturated rings. The zero-order valence-corrected chi connectivity index (χ0v) is 6.90. The van der Waals surface area contributed by atoms with Crippen LogP contribution in [0.5, 0.6) is 0 Å². The summed E-state index contributed by atoms with van der Waals surface area (Å²) < 4.78 is 36.0. The second-order valence-electron chi connectivity index (χ2n) is 2.16. The Kier molecular flexibility index (Phi) is 2.70. The topological polar surface area (TPSA) is 0 Å². The van der Waals surface area contributed by atoms with Crippen molar-refractivity contribution in [3.8, 4) is 0 Å². The van der Waals surface area contributed by atoms with Crippen molar-refractivity contribution in [1.82, 2.24) is 0 Å². The third kappa shape index (κ3) is 2.19. The van der Waals surface area contributed by atoms with E-state index < -0.39 is 11.7 Å². The number of alkyl halides is 3. The van der Waals surface area contributed by atoms with Crippen LogP contribution < -0.4 is 0 Å². The predicted molar refractivity (Wildman–Crippen MR) is 35.6 cm³/mol. The van der Waals surface area contributed by atoms with Crippen molar-refractivity contribution in [2.45, 2.75) is 6.18 Å². The number of halogens is 3. The van der Waals surface area contributed by atoms with Gasteiger partial charge < -0.3 is 0 Å². The first kappa shape index (κ1) is 9.49. The van der Waals surface area contributed by atoms with Crippen molar-refractivity contribution in [2.24, 2.45) is 0 Å².